The van der Waals surface area contributed by atoms with E-state index >= 15 is 0 Å². The van der Waals surface area contributed by atoms with Crippen LogP contribution in [-0.2, 0) is 0 Å². The highest BCUT2D eigenvalue weighted by atomic mass is 19.1. The van der Waals surface area contributed by atoms with Crippen molar-refractivity contribution in [2.24, 2.45) is 5.92 Å². The Hall–Kier alpha value is -2.50. The van der Waals surface area contributed by atoms with Gasteiger partial charge in [0, 0.05) is 24.8 Å². The molecule has 2 heterocycles. The Balaban J connectivity index is 1.80. The van der Waals surface area contributed by atoms with Crippen LogP contribution in [0, 0.1) is 18.7 Å². The minimum Gasteiger partial charge on any atom is -0.340 e. The Bertz CT molecular complexity index is 732. The first kappa shape index (κ1) is 16.4. The highest BCUT2D eigenvalue weighted by Gasteiger charge is 2.23. The number of nitrogens with zero attached hydrogens (tertiary/aromatic N) is 3. The van der Waals surface area contributed by atoms with Crippen LogP contribution in [0.3, 0.4) is 0 Å². The van der Waals surface area contributed by atoms with Crippen LogP contribution >= 0.6 is 0 Å². The molecule has 24 heavy (non-hydrogen) atoms. The molecule has 6 heteroatoms. The van der Waals surface area contributed by atoms with Crippen molar-refractivity contribution in [3.8, 4) is 0 Å². The predicted molar refractivity (Wildman–Crippen MR) is 90.8 cm³/mol. The summed E-state index contributed by atoms with van der Waals surface area (Å²) >= 11 is 0. The minimum atomic E-state index is -0.297. The van der Waals surface area contributed by atoms with Gasteiger partial charge in [-0.15, -0.1) is 0 Å². The molecule has 0 saturated carbocycles. The van der Waals surface area contributed by atoms with Crippen LogP contribution in [0.5, 0.6) is 0 Å². The van der Waals surface area contributed by atoms with Crippen LogP contribution in [0.2, 0.25) is 0 Å². The number of likely N-dealkylation sites (tertiary alicyclic amines) is 1. The summed E-state index contributed by atoms with van der Waals surface area (Å²) in [7, 11) is 0. The minimum absolute atomic E-state index is 0.0609. The smallest absolute Gasteiger partial charge is 0.272 e. The lowest BCUT2D eigenvalue weighted by atomic mass is 10.00. The number of hydrogen-bond donors (Lipinski definition) is 1. The van der Waals surface area contributed by atoms with E-state index in [-0.39, 0.29) is 11.7 Å². The maximum Gasteiger partial charge on any atom is 0.272 e. The van der Waals surface area contributed by atoms with E-state index in [0.717, 1.165) is 25.9 Å². The molecule has 2 aromatic rings. The molecule has 1 aliphatic heterocycles. The molecule has 1 atom stereocenters. The van der Waals surface area contributed by atoms with Gasteiger partial charge in [-0.05, 0) is 49.9 Å². The molecule has 1 amide bonds. The summed E-state index contributed by atoms with van der Waals surface area (Å²) in [5, 5.41) is 3.09. The first-order valence-electron chi connectivity index (χ1n) is 8.19. The summed E-state index contributed by atoms with van der Waals surface area (Å²) in [5.74, 6) is 1.21. The zero-order chi connectivity index (χ0) is 17.1. The maximum absolute atomic E-state index is 13.0. The quantitative estimate of drug-likeness (QED) is 0.936. The highest BCUT2D eigenvalue weighted by Crippen LogP contribution is 2.20. The second-order valence-electron chi connectivity index (χ2n) is 6.32. The number of nitrogens with one attached hydrogen (secondary N) is 1. The second kappa shape index (κ2) is 6.95. The topological polar surface area (TPSA) is 58.1 Å². The third kappa shape index (κ3) is 3.88. The van der Waals surface area contributed by atoms with Crippen molar-refractivity contribution < 1.29 is 9.18 Å². The molecule has 5 nitrogen and oxygen atoms in total. The van der Waals surface area contributed by atoms with E-state index < -0.39 is 0 Å². The number of carbonyl (C=O) groups excluding carboxylic acids is 1. The molecular weight excluding hydrogens is 307 g/mol. The molecule has 0 aliphatic carbocycles. The fraction of sp³-hybridized carbons (Fsp3) is 0.389. The van der Waals surface area contributed by atoms with Crippen molar-refractivity contribution in [1.82, 2.24) is 14.9 Å². The summed E-state index contributed by atoms with van der Waals surface area (Å²) in [5.41, 5.74) is 1.10. The largest absolute Gasteiger partial charge is 0.340 e. The van der Waals surface area contributed by atoms with Crippen molar-refractivity contribution in [3.05, 3.63) is 47.7 Å². The van der Waals surface area contributed by atoms with E-state index in [4.69, 9.17) is 0 Å². The van der Waals surface area contributed by atoms with Crippen molar-refractivity contribution >= 4 is 17.4 Å². The fourth-order valence-electron chi connectivity index (χ4n) is 2.96. The number of benzene rings is 1. The number of halogens is 1. The number of aryl methyl sites for hydroxylation is 1. The van der Waals surface area contributed by atoms with Crippen LogP contribution in [0.4, 0.5) is 15.9 Å². The second-order valence-corrected chi connectivity index (χ2v) is 6.32. The van der Waals surface area contributed by atoms with Crippen molar-refractivity contribution in [2.75, 3.05) is 18.4 Å². The van der Waals surface area contributed by atoms with Crippen molar-refractivity contribution in [1.29, 1.82) is 0 Å². The lowest BCUT2D eigenvalue weighted by molar-refractivity contribution is 0.0676. The van der Waals surface area contributed by atoms with Gasteiger partial charge in [0.1, 0.15) is 23.2 Å². The summed E-state index contributed by atoms with van der Waals surface area (Å²) in [6, 6.07) is 7.65. The zero-order valence-electron chi connectivity index (χ0n) is 13.9. The zero-order valence-corrected chi connectivity index (χ0v) is 13.9. The van der Waals surface area contributed by atoms with Gasteiger partial charge in [0.25, 0.3) is 5.91 Å². The Morgan fingerprint density at radius 3 is 2.75 bits per heavy atom. The summed E-state index contributed by atoms with van der Waals surface area (Å²) in [4.78, 5) is 23.2. The van der Waals surface area contributed by atoms with E-state index in [2.05, 4.69) is 22.2 Å². The average molecular weight is 328 g/mol. The van der Waals surface area contributed by atoms with Gasteiger partial charge in [0.15, 0.2) is 0 Å². The Morgan fingerprint density at radius 1 is 1.29 bits per heavy atom. The Morgan fingerprint density at radius 2 is 2.04 bits per heavy atom. The van der Waals surface area contributed by atoms with Gasteiger partial charge in [-0.25, -0.2) is 14.4 Å². The number of piperidine rings is 1. The summed E-state index contributed by atoms with van der Waals surface area (Å²) in [6.07, 6.45) is 2.18. The third-order valence-corrected chi connectivity index (χ3v) is 4.12. The predicted octanol–water partition coefficient (Wildman–Crippen LogP) is 3.54. The van der Waals surface area contributed by atoms with Crippen LogP contribution in [-0.4, -0.2) is 33.9 Å². The fourth-order valence-corrected chi connectivity index (χ4v) is 2.96. The van der Waals surface area contributed by atoms with E-state index in [9.17, 15) is 9.18 Å². The third-order valence-electron chi connectivity index (χ3n) is 4.12. The number of hydrogen-bond acceptors (Lipinski definition) is 4. The molecule has 1 N–H and O–H groups in total. The number of anilines is 2. The molecule has 0 spiro atoms. The van der Waals surface area contributed by atoms with Crippen LogP contribution in [0.1, 0.15) is 36.1 Å². The normalized spacial score (nSPS) is 17.6. The SMILES string of the molecule is Cc1nc(Nc2ccc(F)cc2)cc(C(=O)N2CCCC(C)C2)n1. The number of rotatable bonds is 3. The molecule has 1 aromatic carbocycles. The average Bonchev–Trinajstić information content (AvgIpc) is 2.56. The van der Waals surface area contributed by atoms with Gasteiger partial charge in [0.2, 0.25) is 0 Å². The molecule has 0 radical (unpaired) electrons. The van der Waals surface area contributed by atoms with E-state index in [1.54, 1.807) is 25.1 Å². The van der Waals surface area contributed by atoms with E-state index in [1.165, 1.54) is 12.1 Å². The van der Waals surface area contributed by atoms with E-state index in [1.807, 2.05) is 4.90 Å². The van der Waals surface area contributed by atoms with Crippen molar-refractivity contribution in [3.63, 3.8) is 0 Å². The lowest BCUT2D eigenvalue weighted by Gasteiger charge is -2.30. The molecule has 0 bridgehead atoms. The van der Waals surface area contributed by atoms with Gasteiger partial charge < -0.3 is 10.2 Å². The molecule has 1 unspecified atom stereocenters. The molecular formula is C18H21FN4O. The Kier molecular flexibility index (Phi) is 4.74. The number of carbonyl (C=O) groups is 1. The van der Waals surface area contributed by atoms with Crippen LogP contribution in [0.25, 0.3) is 0 Å². The molecule has 1 aliphatic rings. The monoisotopic (exact) mass is 328 g/mol. The standard InChI is InChI=1S/C18H21FN4O/c1-12-4-3-9-23(11-12)18(24)16-10-17(21-13(2)20-16)22-15-7-5-14(19)6-8-15/h5-8,10,12H,3-4,9,11H2,1-2H3,(H,20,21,22). The van der Waals surface area contributed by atoms with Crippen LogP contribution < -0.4 is 5.32 Å². The molecule has 1 aromatic heterocycles. The van der Waals surface area contributed by atoms with Crippen molar-refractivity contribution in [2.45, 2.75) is 26.7 Å². The van der Waals surface area contributed by atoms with Gasteiger partial charge in [-0.1, -0.05) is 6.92 Å². The molecule has 1 fully saturated rings. The number of aromatic nitrogens is 2. The van der Waals surface area contributed by atoms with E-state index in [0.29, 0.717) is 28.9 Å². The molecule has 1 saturated heterocycles. The number of amides is 1. The first-order valence-corrected chi connectivity index (χ1v) is 8.19. The maximum atomic E-state index is 13.0. The highest BCUT2D eigenvalue weighted by molar-refractivity contribution is 5.93. The molecule has 3 rings (SSSR count). The van der Waals surface area contributed by atoms with Gasteiger partial charge >= 0.3 is 0 Å². The van der Waals surface area contributed by atoms with Gasteiger partial charge in [-0.2, -0.15) is 0 Å². The summed E-state index contributed by atoms with van der Waals surface area (Å²) < 4.78 is 13.0. The summed E-state index contributed by atoms with van der Waals surface area (Å²) in [6.45, 7) is 5.45. The molecule has 126 valence electrons. The van der Waals surface area contributed by atoms with Gasteiger partial charge in [-0.3, -0.25) is 4.79 Å². The van der Waals surface area contributed by atoms with Crippen LogP contribution in [0.15, 0.2) is 30.3 Å². The van der Waals surface area contributed by atoms with Gasteiger partial charge in [0.05, 0.1) is 0 Å². The lowest BCUT2D eigenvalue weighted by Crippen LogP contribution is -2.39. The first-order chi connectivity index (χ1) is 11.5. The Labute approximate surface area is 140 Å².